The number of rotatable bonds is 5. The molecule has 84 valence electrons. The van der Waals surface area contributed by atoms with Gasteiger partial charge in [-0.2, -0.15) is 0 Å². The van der Waals surface area contributed by atoms with Crippen molar-refractivity contribution in [2.24, 2.45) is 5.92 Å². The van der Waals surface area contributed by atoms with Crippen LogP contribution in [0.25, 0.3) is 0 Å². The summed E-state index contributed by atoms with van der Waals surface area (Å²) in [5.41, 5.74) is 1.20. The van der Waals surface area contributed by atoms with Crippen molar-refractivity contribution in [1.82, 2.24) is 0 Å². The van der Waals surface area contributed by atoms with E-state index in [1.165, 1.54) is 5.69 Å². The molecule has 0 fully saturated rings. The van der Waals surface area contributed by atoms with Crippen LogP contribution in [0, 0.1) is 5.92 Å². The number of nitrogens with zero attached hydrogens (tertiary/aromatic N) is 1. The third-order valence-corrected chi connectivity index (χ3v) is 2.29. The maximum Gasteiger partial charge on any atom is 0.115 e. The van der Waals surface area contributed by atoms with Crippen molar-refractivity contribution in [2.45, 2.75) is 27.2 Å². The Morgan fingerprint density at radius 3 is 2.27 bits per heavy atom. The first-order valence-corrected chi connectivity index (χ1v) is 5.67. The smallest absolute Gasteiger partial charge is 0.115 e. The van der Waals surface area contributed by atoms with Gasteiger partial charge in [-0.25, -0.2) is 0 Å². The van der Waals surface area contributed by atoms with Crippen LogP contribution in [0.5, 0.6) is 5.75 Å². The maximum absolute atomic E-state index is 9.23. The molecule has 1 N–H and O–H groups in total. The average Bonchev–Trinajstić information content (AvgIpc) is 2.17. The van der Waals surface area contributed by atoms with E-state index in [0.717, 1.165) is 19.5 Å². The lowest BCUT2D eigenvalue weighted by atomic mass is 10.2. The van der Waals surface area contributed by atoms with Crippen molar-refractivity contribution in [3.8, 4) is 5.75 Å². The second-order valence-electron chi connectivity index (χ2n) is 4.36. The van der Waals surface area contributed by atoms with Gasteiger partial charge in [-0.1, -0.05) is 20.8 Å². The van der Waals surface area contributed by atoms with Crippen LogP contribution in [0.1, 0.15) is 27.2 Å². The molecule has 0 amide bonds. The Balaban J connectivity index is 2.74. The van der Waals surface area contributed by atoms with Crippen molar-refractivity contribution in [2.75, 3.05) is 18.0 Å². The summed E-state index contributed by atoms with van der Waals surface area (Å²) in [4.78, 5) is 2.37. The van der Waals surface area contributed by atoms with Crippen molar-refractivity contribution < 1.29 is 5.11 Å². The van der Waals surface area contributed by atoms with Gasteiger partial charge in [-0.15, -0.1) is 0 Å². The predicted molar refractivity (Wildman–Crippen MR) is 65.4 cm³/mol. The summed E-state index contributed by atoms with van der Waals surface area (Å²) in [6.45, 7) is 8.78. The summed E-state index contributed by atoms with van der Waals surface area (Å²) in [5, 5.41) is 9.23. The van der Waals surface area contributed by atoms with E-state index in [-0.39, 0.29) is 0 Å². The van der Waals surface area contributed by atoms with E-state index in [1.54, 1.807) is 12.1 Å². The van der Waals surface area contributed by atoms with Gasteiger partial charge in [-0.05, 0) is 36.6 Å². The summed E-state index contributed by atoms with van der Waals surface area (Å²) in [6, 6.07) is 7.46. The van der Waals surface area contributed by atoms with Gasteiger partial charge < -0.3 is 10.0 Å². The fourth-order valence-corrected chi connectivity index (χ4v) is 1.70. The monoisotopic (exact) mass is 207 g/mol. The number of aromatic hydroxyl groups is 1. The van der Waals surface area contributed by atoms with Gasteiger partial charge in [0.05, 0.1) is 0 Å². The molecule has 0 heterocycles. The van der Waals surface area contributed by atoms with E-state index in [2.05, 4.69) is 25.7 Å². The molecular formula is C13H21NO. The van der Waals surface area contributed by atoms with Crippen LogP contribution in [0.15, 0.2) is 24.3 Å². The molecule has 0 atom stereocenters. The molecule has 1 aromatic carbocycles. The molecule has 2 heteroatoms. The molecular weight excluding hydrogens is 186 g/mol. The number of hydrogen-bond donors (Lipinski definition) is 1. The van der Waals surface area contributed by atoms with E-state index < -0.39 is 0 Å². The fourth-order valence-electron chi connectivity index (χ4n) is 1.70. The molecule has 0 bridgehead atoms. The molecule has 0 spiro atoms. The van der Waals surface area contributed by atoms with Gasteiger partial charge in [0, 0.05) is 18.8 Å². The van der Waals surface area contributed by atoms with E-state index >= 15 is 0 Å². The lowest BCUT2D eigenvalue weighted by molar-refractivity contribution is 0.475. The Bertz CT molecular complexity index is 279. The number of benzene rings is 1. The topological polar surface area (TPSA) is 23.5 Å². The second kappa shape index (κ2) is 5.64. The molecule has 0 aromatic heterocycles. The summed E-state index contributed by atoms with van der Waals surface area (Å²) >= 11 is 0. The first kappa shape index (κ1) is 11.9. The Morgan fingerprint density at radius 1 is 1.20 bits per heavy atom. The van der Waals surface area contributed by atoms with Crippen LogP contribution in [0.3, 0.4) is 0 Å². The van der Waals surface area contributed by atoms with Crippen molar-refractivity contribution >= 4 is 5.69 Å². The van der Waals surface area contributed by atoms with E-state index in [0.29, 0.717) is 11.7 Å². The molecule has 0 radical (unpaired) electrons. The van der Waals surface area contributed by atoms with Crippen LogP contribution >= 0.6 is 0 Å². The highest BCUT2D eigenvalue weighted by Gasteiger charge is 2.07. The van der Waals surface area contributed by atoms with Gasteiger partial charge in [0.15, 0.2) is 0 Å². The minimum absolute atomic E-state index is 0.333. The maximum atomic E-state index is 9.23. The fraction of sp³-hybridized carbons (Fsp3) is 0.538. The van der Waals surface area contributed by atoms with Crippen molar-refractivity contribution in [3.05, 3.63) is 24.3 Å². The molecule has 1 aromatic rings. The molecule has 0 unspecified atom stereocenters. The number of phenols is 1. The molecule has 15 heavy (non-hydrogen) atoms. The highest BCUT2D eigenvalue weighted by molar-refractivity contribution is 5.48. The quantitative estimate of drug-likeness (QED) is 0.801. The van der Waals surface area contributed by atoms with Gasteiger partial charge in [0.2, 0.25) is 0 Å². The first-order valence-electron chi connectivity index (χ1n) is 5.67. The molecule has 1 rings (SSSR count). The summed E-state index contributed by atoms with van der Waals surface area (Å²) in [7, 11) is 0. The van der Waals surface area contributed by atoms with Gasteiger partial charge in [0.1, 0.15) is 5.75 Å². The summed E-state index contributed by atoms with van der Waals surface area (Å²) < 4.78 is 0. The molecule has 0 saturated heterocycles. The van der Waals surface area contributed by atoms with Gasteiger partial charge in [-0.3, -0.25) is 0 Å². The molecule has 2 nitrogen and oxygen atoms in total. The Kier molecular flexibility index (Phi) is 4.47. The SMILES string of the molecule is CCCN(CC(C)C)c1ccc(O)cc1. The molecule has 0 aliphatic rings. The number of hydrogen-bond acceptors (Lipinski definition) is 2. The van der Waals surface area contributed by atoms with Gasteiger partial charge >= 0.3 is 0 Å². The van der Waals surface area contributed by atoms with E-state index in [4.69, 9.17) is 0 Å². The lowest BCUT2D eigenvalue weighted by Gasteiger charge is -2.26. The van der Waals surface area contributed by atoms with Crippen LogP contribution in [0.2, 0.25) is 0 Å². The van der Waals surface area contributed by atoms with Crippen molar-refractivity contribution in [3.63, 3.8) is 0 Å². The zero-order valence-corrected chi connectivity index (χ0v) is 9.90. The third-order valence-electron chi connectivity index (χ3n) is 2.29. The standard InChI is InChI=1S/C13H21NO/c1-4-9-14(10-11(2)3)12-5-7-13(15)8-6-12/h5-8,11,15H,4,9-10H2,1-3H3. The molecule has 0 aliphatic carbocycles. The van der Waals surface area contributed by atoms with E-state index in [1.807, 2.05) is 12.1 Å². The Labute approximate surface area is 92.5 Å². The largest absolute Gasteiger partial charge is 0.508 e. The van der Waals surface area contributed by atoms with Crippen LogP contribution < -0.4 is 4.90 Å². The van der Waals surface area contributed by atoms with Crippen molar-refractivity contribution in [1.29, 1.82) is 0 Å². The Hall–Kier alpha value is -1.18. The average molecular weight is 207 g/mol. The van der Waals surface area contributed by atoms with E-state index in [9.17, 15) is 5.11 Å². The predicted octanol–water partition coefficient (Wildman–Crippen LogP) is 3.26. The molecule has 0 saturated carbocycles. The third kappa shape index (κ3) is 3.82. The summed E-state index contributed by atoms with van der Waals surface area (Å²) in [5.74, 6) is 0.991. The first-order chi connectivity index (χ1) is 7.13. The second-order valence-corrected chi connectivity index (χ2v) is 4.36. The Morgan fingerprint density at radius 2 is 1.80 bits per heavy atom. The highest BCUT2D eigenvalue weighted by Crippen LogP contribution is 2.19. The lowest BCUT2D eigenvalue weighted by Crippen LogP contribution is -2.28. The minimum atomic E-state index is 0.333. The zero-order chi connectivity index (χ0) is 11.3. The number of anilines is 1. The minimum Gasteiger partial charge on any atom is -0.508 e. The summed E-state index contributed by atoms with van der Waals surface area (Å²) in [6.07, 6.45) is 1.15. The normalized spacial score (nSPS) is 10.7. The van der Waals surface area contributed by atoms with Crippen LogP contribution in [-0.4, -0.2) is 18.2 Å². The van der Waals surface area contributed by atoms with Crippen LogP contribution in [0.4, 0.5) is 5.69 Å². The van der Waals surface area contributed by atoms with Gasteiger partial charge in [0.25, 0.3) is 0 Å². The highest BCUT2D eigenvalue weighted by atomic mass is 16.3. The van der Waals surface area contributed by atoms with Crippen LogP contribution in [-0.2, 0) is 0 Å². The number of phenolic OH excluding ortho intramolecular Hbond substituents is 1. The molecule has 0 aliphatic heterocycles. The zero-order valence-electron chi connectivity index (χ0n) is 9.90.